The van der Waals surface area contributed by atoms with Gasteiger partial charge in [-0.1, -0.05) is 60.7 Å². The number of alkyl halides is 3. The third-order valence-corrected chi connectivity index (χ3v) is 8.88. The first kappa shape index (κ1) is 25.3. The maximum atomic E-state index is 14.2. The highest BCUT2D eigenvalue weighted by Gasteiger charge is 2.68. The summed E-state index contributed by atoms with van der Waals surface area (Å²) in [7, 11) is 0. The molecule has 0 spiro atoms. The maximum absolute atomic E-state index is 14.2. The van der Waals surface area contributed by atoms with Gasteiger partial charge in [0.1, 0.15) is 0 Å². The Balaban J connectivity index is 1.22. The van der Waals surface area contributed by atoms with Gasteiger partial charge in [-0.3, -0.25) is 14.4 Å². The highest BCUT2D eigenvalue weighted by atomic mass is 19.4. The van der Waals surface area contributed by atoms with E-state index < -0.39 is 29.0 Å². The van der Waals surface area contributed by atoms with Gasteiger partial charge in [-0.2, -0.15) is 13.2 Å². The number of carbonyl (C=O) groups is 3. The molecule has 3 amide bonds. The van der Waals surface area contributed by atoms with E-state index in [1.54, 1.807) is 0 Å². The molecule has 4 aromatic carbocycles. The second kappa shape index (κ2) is 8.64. The molecule has 8 rings (SSSR count). The van der Waals surface area contributed by atoms with Crippen LogP contribution < -0.4 is 10.2 Å². The van der Waals surface area contributed by atoms with E-state index in [9.17, 15) is 27.6 Å². The molecule has 2 atom stereocenters. The summed E-state index contributed by atoms with van der Waals surface area (Å²) in [6.45, 7) is 1.88. The van der Waals surface area contributed by atoms with Gasteiger partial charge in [0.05, 0.1) is 28.3 Å². The minimum absolute atomic E-state index is 0.0910. The second-order valence-corrected chi connectivity index (χ2v) is 11.0. The molecule has 5 nitrogen and oxygen atoms in total. The largest absolute Gasteiger partial charge is 0.418 e. The Hall–Kier alpha value is -4.72. The fraction of sp³-hybridized carbons (Fsp3) is 0.182. The van der Waals surface area contributed by atoms with Gasteiger partial charge in [0.2, 0.25) is 11.8 Å². The Morgan fingerprint density at radius 2 is 1.32 bits per heavy atom. The van der Waals surface area contributed by atoms with Crippen molar-refractivity contribution >= 4 is 29.1 Å². The molecule has 1 saturated heterocycles. The fourth-order valence-electron chi connectivity index (χ4n) is 7.16. The zero-order valence-electron chi connectivity index (χ0n) is 21.8. The van der Waals surface area contributed by atoms with Crippen LogP contribution in [0, 0.1) is 11.3 Å². The molecule has 3 aliphatic carbocycles. The van der Waals surface area contributed by atoms with E-state index in [1.165, 1.54) is 47.4 Å². The predicted molar refractivity (Wildman–Crippen MR) is 146 cm³/mol. The normalized spacial score (nSPS) is 24.1. The number of hydrogen-bond donors (Lipinski definition) is 1. The van der Waals surface area contributed by atoms with Gasteiger partial charge in [0, 0.05) is 17.4 Å². The summed E-state index contributed by atoms with van der Waals surface area (Å²) >= 11 is 0. The van der Waals surface area contributed by atoms with Crippen LogP contribution in [-0.2, 0) is 15.8 Å². The van der Waals surface area contributed by atoms with Crippen LogP contribution in [0.5, 0.6) is 0 Å². The van der Waals surface area contributed by atoms with E-state index in [-0.39, 0.29) is 34.9 Å². The summed E-state index contributed by atoms with van der Waals surface area (Å²) in [5, 5.41) is 2.32. The zero-order valence-corrected chi connectivity index (χ0v) is 21.8. The van der Waals surface area contributed by atoms with Crippen molar-refractivity contribution in [1.29, 1.82) is 0 Å². The zero-order chi connectivity index (χ0) is 28.7. The molecule has 1 heterocycles. The van der Waals surface area contributed by atoms with Crippen LogP contribution in [0.2, 0.25) is 0 Å². The lowest BCUT2D eigenvalue weighted by Gasteiger charge is -2.51. The molecule has 4 aromatic rings. The third kappa shape index (κ3) is 3.46. The van der Waals surface area contributed by atoms with E-state index in [0.29, 0.717) is 5.69 Å². The highest BCUT2D eigenvalue weighted by molar-refractivity contribution is 6.25. The summed E-state index contributed by atoms with van der Waals surface area (Å²) in [5.74, 6) is -2.48. The van der Waals surface area contributed by atoms with Crippen LogP contribution in [-0.4, -0.2) is 17.7 Å². The van der Waals surface area contributed by atoms with E-state index in [1.807, 2.05) is 55.5 Å². The molecule has 1 aliphatic heterocycles. The molecular weight excluding hydrogens is 529 g/mol. The van der Waals surface area contributed by atoms with Crippen LogP contribution in [0.4, 0.5) is 24.5 Å². The third-order valence-electron chi connectivity index (χ3n) is 8.88. The van der Waals surface area contributed by atoms with Crippen molar-refractivity contribution in [2.45, 2.75) is 24.9 Å². The lowest BCUT2D eigenvalue weighted by molar-refractivity contribution is -0.137. The Bertz CT molecular complexity index is 1720. The molecule has 0 unspecified atom stereocenters. The number of carbonyl (C=O) groups excluding carboxylic acids is 3. The monoisotopic (exact) mass is 552 g/mol. The van der Waals surface area contributed by atoms with Gasteiger partial charge in [0.15, 0.2) is 0 Å². The first-order chi connectivity index (χ1) is 19.6. The standard InChI is InChI=1S/C33H23F3N2O3/c1-32-27-22-10-4-2-8-20(22)26(21-9-3-5-11-23(21)27)28(32)30(40)38(31(32)41)19-16-14-18(15-17-19)29(39)37-25-13-7-6-12-24(25)33(34,35)36/h2-17,26-28H,1H3,(H,37,39)/t26?,27?,28-,32+/m0/s1. The van der Waals surface area contributed by atoms with Crippen molar-refractivity contribution < 1.29 is 27.6 Å². The van der Waals surface area contributed by atoms with Crippen molar-refractivity contribution in [3.05, 3.63) is 130 Å². The van der Waals surface area contributed by atoms with Gasteiger partial charge in [-0.15, -0.1) is 0 Å². The molecule has 2 bridgehead atoms. The number of imide groups is 1. The highest BCUT2D eigenvalue weighted by Crippen LogP contribution is 2.67. The molecule has 4 aliphatic rings. The molecule has 204 valence electrons. The minimum atomic E-state index is -4.63. The molecular formula is C33H23F3N2O3. The summed E-state index contributed by atoms with van der Waals surface area (Å²) in [6, 6.07) is 26.5. The number of amides is 3. The first-order valence-corrected chi connectivity index (χ1v) is 13.3. The van der Waals surface area contributed by atoms with Gasteiger partial charge in [-0.05, 0) is 65.6 Å². The van der Waals surface area contributed by atoms with E-state index in [2.05, 4.69) is 5.32 Å². The van der Waals surface area contributed by atoms with Crippen LogP contribution in [0.15, 0.2) is 97.1 Å². The molecule has 1 fully saturated rings. The minimum Gasteiger partial charge on any atom is -0.321 e. The van der Waals surface area contributed by atoms with Crippen molar-refractivity contribution in [2.24, 2.45) is 11.3 Å². The Morgan fingerprint density at radius 3 is 1.90 bits per heavy atom. The van der Waals surface area contributed by atoms with Gasteiger partial charge in [0.25, 0.3) is 5.91 Å². The number of hydrogen-bond acceptors (Lipinski definition) is 3. The molecule has 8 heteroatoms. The van der Waals surface area contributed by atoms with E-state index in [0.717, 1.165) is 28.3 Å². The lowest BCUT2D eigenvalue weighted by Crippen LogP contribution is -2.49. The first-order valence-electron chi connectivity index (χ1n) is 13.3. The van der Waals surface area contributed by atoms with Crippen molar-refractivity contribution in [1.82, 2.24) is 0 Å². The summed E-state index contributed by atoms with van der Waals surface area (Å²) in [5.41, 5.74) is 2.34. The number of nitrogens with one attached hydrogen (secondary N) is 1. The number of halogens is 3. The molecule has 41 heavy (non-hydrogen) atoms. The van der Waals surface area contributed by atoms with Gasteiger partial charge < -0.3 is 5.32 Å². The second-order valence-electron chi connectivity index (χ2n) is 11.0. The van der Waals surface area contributed by atoms with Gasteiger partial charge in [-0.25, -0.2) is 4.90 Å². The van der Waals surface area contributed by atoms with Crippen LogP contribution in [0.1, 0.15) is 56.9 Å². The van der Waals surface area contributed by atoms with E-state index >= 15 is 0 Å². The quantitative estimate of drug-likeness (QED) is 0.286. The lowest BCUT2D eigenvalue weighted by atomic mass is 9.48. The number of para-hydroxylation sites is 1. The van der Waals surface area contributed by atoms with Crippen LogP contribution in [0.25, 0.3) is 0 Å². The number of benzene rings is 4. The van der Waals surface area contributed by atoms with Crippen molar-refractivity contribution in [2.75, 3.05) is 10.2 Å². The van der Waals surface area contributed by atoms with Crippen molar-refractivity contribution in [3.63, 3.8) is 0 Å². The maximum Gasteiger partial charge on any atom is 0.418 e. The number of nitrogens with zero attached hydrogens (tertiary/aromatic N) is 1. The Kier molecular flexibility index (Phi) is 5.32. The SMILES string of the molecule is C[C@]12C(=O)N(c3ccc(C(=O)Nc4ccccc4C(F)(F)F)cc3)C(=O)[C@@H]1C1c3ccccc3C2c2ccccc21. The summed E-state index contributed by atoms with van der Waals surface area (Å²) in [4.78, 5) is 42.3. The average molecular weight is 553 g/mol. The fourth-order valence-corrected chi connectivity index (χ4v) is 7.16. The average Bonchev–Trinajstić information content (AvgIpc) is 3.17. The van der Waals surface area contributed by atoms with Crippen LogP contribution >= 0.6 is 0 Å². The summed E-state index contributed by atoms with van der Waals surface area (Å²) in [6.07, 6.45) is -4.63. The molecule has 0 saturated carbocycles. The summed E-state index contributed by atoms with van der Waals surface area (Å²) < 4.78 is 40.1. The molecule has 0 aromatic heterocycles. The number of rotatable bonds is 3. The Morgan fingerprint density at radius 1 is 0.780 bits per heavy atom. The molecule has 1 N–H and O–H groups in total. The van der Waals surface area contributed by atoms with Crippen LogP contribution in [0.3, 0.4) is 0 Å². The molecule has 0 radical (unpaired) electrons. The Labute approximate surface area is 233 Å². The number of anilines is 2. The topological polar surface area (TPSA) is 66.5 Å². The smallest absolute Gasteiger partial charge is 0.321 e. The predicted octanol–water partition coefficient (Wildman–Crippen LogP) is 6.74. The van der Waals surface area contributed by atoms with Gasteiger partial charge >= 0.3 is 6.18 Å². The van der Waals surface area contributed by atoms with Crippen molar-refractivity contribution in [3.8, 4) is 0 Å². The van der Waals surface area contributed by atoms with E-state index in [4.69, 9.17) is 0 Å².